The van der Waals surface area contributed by atoms with Crippen LogP contribution in [-0.2, 0) is 4.79 Å². The summed E-state index contributed by atoms with van der Waals surface area (Å²) < 4.78 is 17.2. The van der Waals surface area contributed by atoms with Crippen molar-refractivity contribution < 1.29 is 19.0 Å². The maximum Gasteiger partial charge on any atom is 0.263 e. The van der Waals surface area contributed by atoms with E-state index >= 15 is 0 Å². The van der Waals surface area contributed by atoms with E-state index in [2.05, 4.69) is 5.32 Å². The van der Waals surface area contributed by atoms with Crippen LogP contribution in [0, 0.1) is 0 Å². The Bertz CT molecular complexity index is 917. The Morgan fingerprint density at radius 3 is 2.68 bits per heavy atom. The Hall–Kier alpha value is -2.22. The van der Waals surface area contributed by atoms with Crippen LogP contribution in [0.2, 0.25) is 5.02 Å². The zero-order chi connectivity index (χ0) is 19.9. The van der Waals surface area contributed by atoms with Crippen LogP contribution in [-0.4, -0.2) is 30.6 Å². The lowest BCUT2D eigenvalue weighted by Crippen LogP contribution is -2.17. The number of benzene rings is 2. The highest BCUT2D eigenvalue weighted by molar-refractivity contribution is 8.26. The second kappa shape index (κ2) is 9.82. The molecule has 0 saturated carbocycles. The highest BCUT2D eigenvalue weighted by atomic mass is 35.5. The van der Waals surface area contributed by atoms with Crippen molar-refractivity contribution in [1.29, 1.82) is 0 Å². The molecule has 8 heteroatoms. The van der Waals surface area contributed by atoms with Crippen molar-refractivity contribution in [3.05, 3.63) is 58.0 Å². The molecule has 1 aliphatic rings. The molecular weight excluding hydrogens is 418 g/mol. The number of rotatable bonds is 8. The third kappa shape index (κ3) is 5.64. The fourth-order valence-electron chi connectivity index (χ4n) is 2.45. The summed E-state index contributed by atoms with van der Waals surface area (Å²) in [5.41, 5.74) is 0.726. The molecule has 3 rings (SSSR count). The lowest BCUT2D eigenvalue weighted by Gasteiger charge is -2.11. The number of halogens is 1. The average molecular weight is 436 g/mol. The summed E-state index contributed by atoms with van der Waals surface area (Å²) in [5.74, 6) is 1.93. The summed E-state index contributed by atoms with van der Waals surface area (Å²) >= 11 is 12.3. The van der Waals surface area contributed by atoms with Gasteiger partial charge < -0.3 is 19.5 Å². The van der Waals surface area contributed by atoms with Crippen molar-refractivity contribution in [3.63, 3.8) is 0 Å². The van der Waals surface area contributed by atoms with Crippen LogP contribution >= 0.6 is 35.6 Å². The quantitative estimate of drug-likeness (QED) is 0.369. The maximum atomic E-state index is 11.9. The Kier molecular flexibility index (Phi) is 7.19. The molecule has 1 amide bonds. The molecule has 28 heavy (non-hydrogen) atoms. The Morgan fingerprint density at radius 2 is 1.93 bits per heavy atom. The maximum absolute atomic E-state index is 11.9. The number of thioether (sulfide) groups is 1. The predicted octanol–water partition coefficient (Wildman–Crippen LogP) is 4.69. The first kappa shape index (κ1) is 20.5. The molecule has 146 valence electrons. The van der Waals surface area contributed by atoms with Crippen LogP contribution in [0.1, 0.15) is 12.0 Å². The minimum absolute atomic E-state index is 0.215. The third-order valence-corrected chi connectivity index (χ3v) is 5.15. The van der Waals surface area contributed by atoms with Gasteiger partial charge >= 0.3 is 0 Å². The summed E-state index contributed by atoms with van der Waals surface area (Å²) in [6, 6.07) is 12.7. The van der Waals surface area contributed by atoms with Gasteiger partial charge in [0.1, 0.15) is 21.6 Å². The highest BCUT2D eigenvalue weighted by Crippen LogP contribution is 2.31. The second-order valence-electron chi connectivity index (χ2n) is 5.76. The van der Waals surface area contributed by atoms with Gasteiger partial charge in [-0.3, -0.25) is 4.79 Å². The lowest BCUT2D eigenvalue weighted by molar-refractivity contribution is -0.115. The van der Waals surface area contributed by atoms with Crippen LogP contribution in [0.25, 0.3) is 6.08 Å². The van der Waals surface area contributed by atoms with E-state index in [9.17, 15) is 4.79 Å². The van der Waals surface area contributed by atoms with Gasteiger partial charge in [-0.2, -0.15) is 0 Å². The number of nitrogens with one attached hydrogen (secondary N) is 1. The molecule has 1 N–H and O–H groups in total. The van der Waals surface area contributed by atoms with Crippen molar-refractivity contribution >= 4 is 51.9 Å². The van der Waals surface area contributed by atoms with Crippen molar-refractivity contribution in [2.24, 2.45) is 0 Å². The van der Waals surface area contributed by atoms with Gasteiger partial charge in [-0.25, -0.2) is 0 Å². The number of amides is 1. The van der Waals surface area contributed by atoms with Gasteiger partial charge in [0.25, 0.3) is 5.91 Å². The van der Waals surface area contributed by atoms with E-state index in [-0.39, 0.29) is 5.91 Å². The fraction of sp³-hybridized carbons (Fsp3) is 0.200. The van der Waals surface area contributed by atoms with E-state index in [1.54, 1.807) is 31.4 Å². The van der Waals surface area contributed by atoms with Gasteiger partial charge in [-0.15, -0.1) is 0 Å². The van der Waals surface area contributed by atoms with E-state index in [0.717, 1.165) is 17.1 Å². The topological polar surface area (TPSA) is 56.8 Å². The molecule has 1 fully saturated rings. The van der Waals surface area contributed by atoms with Gasteiger partial charge in [-0.05, 0) is 36.4 Å². The monoisotopic (exact) mass is 435 g/mol. The summed E-state index contributed by atoms with van der Waals surface area (Å²) in [6.07, 6.45) is 2.42. The van der Waals surface area contributed by atoms with E-state index in [1.165, 1.54) is 11.8 Å². The van der Waals surface area contributed by atoms with Crippen LogP contribution in [0.15, 0.2) is 47.4 Å². The predicted molar refractivity (Wildman–Crippen MR) is 116 cm³/mol. The van der Waals surface area contributed by atoms with Gasteiger partial charge in [-0.1, -0.05) is 41.6 Å². The molecule has 0 unspecified atom stereocenters. The van der Waals surface area contributed by atoms with Gasteiger partial charge in [0.2, 0.25) is 0 Å². The van der Waals surface area contributed by atoms with Gasteiger partial charge in [0.05, 0.1) is 25.2 Å². The number of ether oxygens (including phenoxy) is 3. The second-order valence-corrected chi connectivity index (χ2v) is 7.92. The molecular formula is C20H18ClNO4S2. The molecule has 0 radical (unpaired) electrons. The standard InChI is InChI=1S/C20H18ClNO4S2/c1-24-15-4-2-5-16(12-15)25-8-3-9-26-17-7-6-14(21)10-13(17)11-18-19(23)22-20(27)28-18/h2,4-7,10-12H,3,8-9H2,1H3,(H,22,23,27)/b18-11-. The first-order chi connectivity index (χ1) is 13.5. The molecule has 5 nitrogen and oxygen atoms in total. The first-order valence-electron chi connectivity index (χ1n) is 8.49. The number of hydrogen-bond acceptors (Lipinski definition) is 6. The SMILES string of the molecule is COc1cccc(OCCCOc2ccc(Cl)cc2/C=C2\SC(=S)NC2=O)c1. The first-order valence-corrected chi connectivity index (χ1v) is 10.1. The molecule has 2 aromatic rings. The molecule has 0 aliphatic carbocycles. The molecule has 0 aromatic heterocycles. The zero-order valence-corrected chi connectivity index (χ0v) is 17.5. The highest BCUT2D eigenvalue weighted by Gasteiger charge is 2.22. The fourth-order valence-corrected chi connectivity index (χ4v) is 3.66. The summed E-state index contributed by atoms with van der Waals surface area (Å²) in [7, 11) is 1.62. The van der Waals surface area contributed by atoms with Crippen LogP contribution in [0.4, 0.5) is 0 Å². The molecule has 0 spiro atoms. The molecule has 0 atom stereocenters. The van der Waals surface area contributed by atoms with Crippen molar-refractivity contribution in [2.75, 3.05) is 20.3 Å². The normalized spacial score (nSPS) is 14.9. The zero-order valence-electron chi connectivity index (χ0n) is 15.1. The smallest absolute Gasteiger partial charge is 0.263 e. The van der Waals surface area contributed by atoms with Crippen LogP contribution < -0.4 is 19.5 Å². The van der Waals surface area contributed by atoms with Gasteiger partial charge in [0, 0.05) is 23.1 Å². The van der Waals surface area contributed by atoms with E-state index < -0.39 is 0 Å². The Morgan fingerprint density at radius 1 is 1.14 bits per heavy atom. The number of methoxy groups -OCH3 is 1. The minimum Gasteiger partial charge on any atom is -0.497 e. The molecule has 2 aromatic carbocycles. The summed E-state index contributed by atoms with van der Waals surface area (Å²) in [4.78, 5) is 12.4. The number of carbonyl (C=O) groups is 1. The van der Waals surface area contributed by atoms with Crippen molar-refractivity contribution in [2.45, 2.75) is 6.42 Å². The molecule has 1 heterocycles. The summed E-state index contributed by atoms with van der Waals surface area (Å²) in [5, 5.41) is 3.15. The number of thiocarbonyl (C=S) groups is 1. The molecule has 1 saturated heterocycles. The van der Waals surface area contributed by atoms with E-state index in [4.69, 9.17) is 38.0 Å². The van der Waals surface area contributed by atoms with E-state index in [1.807, 2.05) is 24.3 Å². The van der Waals surface area contributed by atoms with Crippen LogP contribution in [0.3, 0.4) is 0 Å². The molecule has 1 aliphatic heterocycles. The number of hydrogen-bond donors (Lipinski definition) is 1. The Labute approximate surface area is 178 Å². The lowest BCUT2D eigenvalue weighted by atomic mass is 10.2. The average Bonchev–Trinajstić information content (AvgIpc) is 3.00. The minimum atomic E-state index is -0.215. The van der Waals surface area contributed by atoms with Gasteiger partial charge in [0.15, 0.2) is 0 Å². The number of carbonyl (C=O) groups excluding carboxylic acids is 1. The van der Waals surface area contributed by atoms with Crippen molar-refractivity contribution in [1.82, 2.24) is 5.32 Å². The third-order valence-electron chi connectivity index (χ3n) is 3.76. The largest absolute Gasteiger partial charge is 0.497 e. The van der Waals surface area contributed by atoms with E-state index in [0.29, 0.717) is 39.6 Å². The van der Waals surface area contributed by atoms with Crippen LogP contribution in [0.5, 0.6) is 17.2 Å². The van der Waals surface area contributed by atoms with Crippen molar-refractivity contribution in [3.8, 4) is 17.2 Å². The molecule has 0 bridgehead atoms. The summed E-state index contributed by atoms with van der Waals surface area (Å²) in [6.45, 7) is 0.962. The Balaban J connectivity index is 1.56.